The van der Waals surface area contributed by atoms with Crippen LogP contribution in [0.3, 0.4) is 0 Å². The van der Waals surface area contributed by atoms with E-state index in [0.29, 0.717) is 48.0 Å². The SMILES string of the molecule is CCCCOc1c(OC)cc(Cc2cncc3c(O)c(OCC)ccc23)cc1OC. The Morgan fingerprint density at radius 2 is 1.63 bits per heavy atom. The van der Waals surface area contributed by atoms with E-state index in [-0.39, 0.29) is 5.75 Å². The van der Waals surface area contributed by atoms with E-state index in [1.165, 1.54) is 0 Å². The molecule has 2 aromatic carbocycles. The third-order valence-corrected chi connectivity index (χ3v) is 4.92. The minimum absolute atomic E-state index is 0.110. The Balaban J connectivity index is 1.97. The molecule has 0 fully saturated rings. The number of hydrogen-bond acceptors (Lipinski definition) is 6. The second-order valence-electron chi connectivity index (χ2n) is 6.95. The van der Waals surface area contributed by atoms with E-state index in [4.69, 9.17) is 18.9 Å². The van der Waals surface area contributed by atoms with Crippen LogP contribution in [-0.4, -0.2) is 37.5 Å². The normalized spacial score (nSPS) is 10.8. The molecule has 1 aromatic heterocycles. The maximum atomic E-state index is 10.6. The fraction of sp³-hybridized carbons (Fsp3) is 0.375. The summed E-state index contributed by atoms with van der Waals surface area (Å²) in [6.07, 6.45) is 6.08. The van der Waals surface area contributed by atoms with Crippen LogP contribution < -0.4 is 18.9 Å². The molecular weight excluding hydrogens is 382 g/mol. The van der Waals surface area contributed by atoms with Crippen molar-refractivity contribution in [2.45, 2.75) is 33.1 Å². The summed E-state index contributed by atoms with van der Waals surface area (Å²) in [6.45, 7) is 5.10. The minimum atomic E-state index is 0.110. The van der Waals surface area contributed by atoms with E-state index in [1.54, 1.807) is 26.5 Å². The van der Waals surface area contributed by atoms with Crippen molar-refractivity contribution < 1.29 is 24.1 Å². The second kappa shape index (κ2) is 10.1. The molecule has 0 bridgehead atoms. The molecule has 0 aliphatic rings. The summed E-state index contributed by atoms with van der Waals surface area (Å²) in [5, 5.41) is 12.1. The van der Waals surface area contributed by atoms with Crippen molar-refractivity contribution in [3.05, 3.63) is 47.8 Å². The molecule has 0 atom stereocenters. The molecule has 1 heterocycles. The van der Waals surface area contributed by atoms with E-state index in [1.807, 2.05) is 31.3 Å². The van der Waals surface area contributed by atoms with Crippen LogP contribution in [0.5, 0.6) is 28.7 Å². The number of benzene rings is 2. The summed E-state index contributed by atoms with van der Waals surface area (Å²) in [6, 6.07) is 7.65. The van der Waals surface area contributed by atoms with Crippen molar-refractivity contribution >= 4 is 10.8 Å². The maximum absolute atomic E-state index is 10.6. The summed E-state index contributed by atoms with van der Waals surface area (Å²) in [5.41, 5.74) is 1.98. The number of aromatic nitrogens is 1. The lowest BCUT2D eigenvalue weighted by Gasteiger charge is -2.16. The van der Waals surface area contributed by atoms with Crippen molar-refractivity contribution in [2.24, 2.45) is 0 Å². The average Bonchev–Trinajstić information content (AvgIpc) is 2.76. The smallest absolute Gasteiger partial charge is 0.203 e. The molecule has 160 valence electrons. The first-order valence-electron chi connectivity index (χ1n) is 10.2. The van der Waals surface area contributed by atoms with Gasteiger partial charge < -0.3 is 24.1 Å². The summed E-state index contributed by atoms with van der Waals surface area (Å²) >= 11 is 0. The van der Waals surface area contributed by atoms with Crippen LogP contribution in [0.25, 0.3) is 10.8 Å². The molecule has 0 aliphatic heterocycles. The monoisotopic (exact) mass is 411 g/mol. The summed E-state index contributed by atoms with van der Waals surface area (Å²) < 4.78 is 22.5. The molecule has 0 radical (unpaired) electrons. The van der Waals surface area contributed by atoms with E-state index < -0.39 is 0 Å². The number of phenolic OH excluding ortho intramolecular Hbond substituents is 1. The first kappa shape index (κ1) is 21.6. The minimum Gasteiger partial charge on any atom is -0.504 e. The molecule has 3 rings (SSSR count). The van der Waals surface area contributed by atoms with Gasteiger partial charge in [0.1, 0.15) is 0 Å². The van der Waals surface area contributed by atoms with Gasteiger partial charge >= 0.3 is 0 Å². The van der Waals surface area contributed by atoms with Crippen molar-refractivity contribution in [3.8, 4) is 28.7 Å². The van der Waals surface area contributed by atoms with Crippen LogP contribution in [-0.2, 0) is 6.42 Å². The maximum Gasteiger partial charge on any atom is 0.203 e. The molecule has 1 N–H and O–H groups in total. The molecule has 6 heteroatoms. The van der Waals surface area contributed by atoms with Gasteiger partial charge in [0.2, 0.25) is 5.75 Å². The van der Waals surface area contributed by atoms with Crippen LogP contribution in [0.1, 0.15) is 37.8 Å². The highest BCUT2D eigenvalue weighted by Crippen LogP contribution is 2.40. The first-order valence-corrected chi connectivity index (χ1v) is 10.2. The second-order valence-corrected chi connectivity index (χ2v) is 6.95. The molecule has 30 heavy (non-hydrogen) atoms. The molecule has 0 aliphatic carbocycles. The van der Waals surface area contributed by atoms with Gasteiger partial charge in [0.15, 0.2) is 23.0 Å². The van der Waals surface area contributed by atoms with Crippen LogP contribution in [0.2, 0.25) is 0 Å². The number of ether oxygens (including phenoxy) is 4. The van der Waals surface area contributed by atoms with Gasteiger partial charge in [0.05, 0.1) is 27.4 Å². The quantitative estimate of drug-likeness (QED) is 0.467. The van der Waals surface area contributed by atoms with E-state index in [2.05, 4.69) is 11.9 Å². The Bertz CT molecular complexity index is 977. The number of phenols is 1. The predicted molar refractivity (Wildman–Crippen MR) is 117 cm³/mol. The zero-order chi connectivity index (χ0) is 21.5. The molecule has 0 amide bonds. The summed E-state index contributed by atoms with van der Waals surface area (Å²) in [7, 11) is 3.25. The van der Waals surface area contributed by atoms with E-state index in [0.717, 1.165) is 29.4 Å². The van der Waals surface area contributed by atoms with Gasteiger partial charge in [-0.15, -0.1) is 0 Å². The van der Waals surface area contributed by atoms with Crippen molar-refractivity contribution in [2.75, 3.05) is 27.4 Å². The highest BCUT2D eigenvalue weighted by Gasteiger charge is 2.16. The predicted octanol–water partition coefficient (Wildman–Crippen LogP) is 5.13. The van der Waals surface area contributed by atoms with Gasteiger partial charge in [-0.25, -0.2) is 0 Å². The van der Waals surface area contributed by atoms with E-state index >= 15 is 0 Å². The topological polar surface area (TPSA) is 70.0 Å². The van der Waals surface area contributed by atoms with Gasteiger partial charge in [-0.1, -0.05) is 19.4 Å². The molecule has 6 nitrogen and oxygen atoms in total. The number of fused-ring (bicyclic) bond motifs is 1. The zero-order valence-electron chi connectivity index (χ0n) is 18.0. The average molecular weight is 411 g/mol. The molecular formula is C24H29NO5. The Kier molecular flexibility index (Phi) is 7.22. The third kappa shape index (κ3) is 4.53. The van der Waals surface area contributed by atoms with E-state index in [9.17, 15) is 5.11 Å². The van der Waals surface area contributed by atoms with Crippen LogP contribution in [0, 0.1) is 0 Å². The zero-order valence-corrected chi connectivity index (χ0v) is 18.0. The highest BCUT2D eigenvalue weighted by atomic mass is 16.5. The van der Waals surface area contributed by atoms with Gasteiger partial charge in [-0.3, -0.25) is 4.98 Å². The lowest BCUT2D eigenvalue weighted by Crippen LogP contribution is -2.03. The number of pyridine rings is 1. The first-order chi connectivity index (χ1) is 14.6. The van der Waals surface area contributed by atoms with Gasteiger partial charge in [-0.05, 0) is 54.5 Å². The van der Waals surface area contributed by atoms with Crippen LogP contribution >= 0.6 is 0 Å². The van der Waals surface area contributed by atoms with Gasteiger partial charge in [0.25, 0.3) is 0 Å². The molecule has 3 aromatic rings. The van der Waals surface area contributed by atoms with Crippen LogP contribution in [0.15, 0.2) is 36.7 Å². The highest BCUT2D eigenvalue weighted by molar-refractivity contribution is 5.92. The van der Waals surface area contributed by atoms with Crippen molar-refractivity contribution in [3.63, 3.8) is 0 Å². The Hall–Kier alpha value is -3.15. The fourth-order valence-electron chi connectivity index (χ4n) is 3.40. The lowest BCUT2D eigenvalue weighted by molar-refractivity contribution is 0.269. The molecule has 0 unspecified atom stereocenters. The van der Waals surface area contributed by atoms with Crippen LogP contribution in [0.4, 0.5) is 0 Å². The number of nitrogens with zero attached hydrogens (tertiary/aromatic N) is 1. The fourth-order valence-corrected chi connectivity index (χ4v) is 3.40. The third-order valence-electron chi connectivity index (χ3n) is 4.92. The molecule has 0 saturated carbocycles. The Labute approximate surface area is 177 Å². The number of rotatable bonds is 10. The lowest BCUT2D eigenvalue weighted by atomic mass is 9.99. The summed E-state index contributed by atoms with van der Waals surface area (Å²) in [5.74, 6) is 2.46. The standard InChI is InChI=1S/C24H29NO5/c1-5-7-10-30-24-21(27-3)12-16(13-22(24)28-4)11-17-14-25-15-19-18(17)8-9-20(23(19)26)29-6-2/h8-9,12-15,26H,5-7,10-11H2,1-4H3. The Morgan fingerprint density at radius 1 is 0.900 bits per heavy atom. The molecule has 0 saturated heterocycles. The summed E-state index contributed by atoms with van der Waals surface area (Å²) in [4.78, 5) is 4.32. The number of hydrogen-bond donors (Lipinski definition) is 1. The van der Waals surface area contributed by atoms with Gasteiger partial charge in [-0.2, -0.15) is 0 Å². The number of aromatic hydroxyl groups is 1. The number of methoxy groups -OCH3 is 2. The Morgan fingerprint density at radius 3 is 2.27 bits per heavy atom. The van der Waals surface area contributed by atoms with Crippen molar-refractivity contribution in [1.29, 1.82) is 0 Å². The van der Waals surface area contributed by atoms with Crippen molar-refractivity contribution in [1.82, 2.24) is 4.98 Å². The number of unbranched alkanes of at least 4 members (excludes halogenated alkanes) is 1. The largest absolute Gasteiger partial charge is 0.504 e. The van der Waals surface area contributed by atoms with Gasteiger partial charge in [0, 0.05) is 17.8 Å². The molecule has 0 spiro atoms.